The molecule has 0 spiro atoms. The van der Waals surface area contributed by atoms with Gasteiger partial charge in [0.05, 0.1) is 12.7 Å². The second-order valence-corrected chi connectivity index (χ2v) is 4.49. The van der Waals surface area contributed by atoms with E-state index in [-0.39, 0.29) is 11.6 Å². The minimum Gasteiger partial charge on any atom is -0.497 e. The van der Waals surface area contributed by atoms with Gasteiger partial charge in [-0.3, -0.25) is 9.59 Å². The Morgan fingerprint density at radius 3 is 2.37 bits per heavy atom. The van der Waals surface area contributed by atoms with Gasteiger partial charge in [0.25, 0.3) is 0 Å². The molecule has 4 heteroatoms. The van der Waals surface area contributed by atoms with Crippen LogP contribution in [-0.2, 0) is 16.1 Å². The van der Waals surface area contributed by atoms with Gasteiger partial charge >= 0.3 is 0 Å². The van der Waals surface area contributed by atoms with Crippen molar-refractivity contribution in [2.45, 2.75) is 25.8 Å². The van der Waals surface area contributed by atoms with Crippen LogP contribution >= 0.6 is 0 Å². The van der Waals surface area contributed by atoms with Crippen molar-refractivity contribution >= 4 is 11.6 Å². The fourth-order valence-corrected chi connectivity index (χ4v) is 2.01. The first-order valence-electron chi connectivity index (χ1n) is 6.33. The van der Waals surface area contributed by atoms with E-state index in [0.717, 1.165) is 11.3 Å². The van der Waals surface area contributed by atoms with E-state index in [2.05, 4.69) is 5.32 Å². The molecule has 100 valence electrons. The van der Waals surface area contributed by atoms with Crippen LogP contribution in [-0.4, -0.2) is 18.7 Å². The molecule has 0 amide bonds. The zero-order valence-corrected chi connectivity index (χ0v) is 10.9. The summed E-state index contributed by atoms with van der Waals surface area (Å²) in [4.78, 5) is 23.2. The molecule has 0 unspecified atom stereocenters. The fraction of sp³-hybridized carbons (Fsp3) is 0.333. The highest BCUT2D eigenvalue weighted by atomic mass is 16.5. The maximum absolute atomic E-state index is 11.6. The predicted octanol–water partition coefficient (Wildman–Crippen LogP) is 1.99. The number of allylic oxidation sites excluding steroid dienone is 1. The maximum Gasteiger partial charge on any atom is 0.167 e. The normalized spacial score (nSPS) is 15.3. The van der Waals surface area contributed by atoms with Gasteiger partial charge in [-0.1, -0.05) is 12.1 Å². The van der Waals surface area contributed by atoms with Gasteiger partial charge in [-0.05, 0) is 24.1 Å². The summed E-state index contributed by atoms with van der Waals surface area (Å²) in [7, 11) is 1.62. The van der Waals surface area contributed by atoms with Crippen LogP contribution in [0.2, 0.25) is 0 Å². The number of nitrogens with one attached hydrogen (secondary N) is 1. The van der Waals surface area contributed by atoms with Crippen molar-refractivity contribution in [2.24, 2.45) is 0 Å². The second kappa shape index (κ2) is 6.18. The summed E-state index contributed by atoms with van der Waals surface area (Å²) < 4.78 is 5.08. The average molecular weight is 259 g/mol. The SMILES string of the molecule is COc1ccc(CNC=C2C(=O)CCCC2=O)cc1. The molecule has 0 aromatic heterocycles. The lowest BCUT2D eigenvalue weighted by Crippen LogP contribution is -2.21. The topological polar surface area (TPSA) is 55.4 Å². The molecule has 1 aromatic rings. The molecule has 1 aliphatic carbocycles. The molecule has 0 radical (unpaired) electrons. The number of rotatable bonds is 4. The summed E-state index contributed by atoms with van der Waals surface area (Å²) in [5.74, 6) is 0.691. The van der Waals surface area contributed by atoms with E-state index in [1.807, 2.05) is 24.3 Å². The number of ether oxygens (including phenoxy) is 1. The Morgan fingerprint density at radius 2 is 1.79 bits per heavy atom. The van der Waals surface area contributed by atoms with Crippen molar-refractivity contribution < 1.29 is 14.3 Å². The molecule has 0 atom stereocenters. The number of benzene rings is 1. The number of hydrogen-bond donors (Lipinski definition) is 1. The molecule has 1 aromatic carbocycles. The Balaban J connectivity index is 1.94. The summed E-state index contributed by atoms with van der Waals surface area (Å²) >= 11 is 0. The van der Waals surface area contributed by atoms with Crippen LogP contribution in [0.3, 0.4) is 0 Å². The van der Waals surface area contributed by atoms with Crippen LogP contribution in [0.15, 0.2) is 36.0 Å². The lowest BCUT2D eigenvalue weighted by atomic mass is 9.93. The molecule has 0 saturated heterocycles. The van der Waals surface area contributed by atoms with Gasteiger partial charge in [0.2, 0.25) is 0 Å². The van der Waals surface area contributed by atoms with Gasteiger partial charge in [0.1, 0.15) is 5.75 Å². The molecule has 1 fully saturated rings. The third-order valence-corrected chi connectivity index (χ3v) is 3.12. The van der Waals surface area contributed by atoms with Gasteiger partial charge < -0.3 is 10.1 Å². The van der Waals surface area contributed by atoms with Crippen LogP contribution in [0.25, 0.3) is 0 Å². The Hall–Kier alpha value is -2.10. The quantitative estimate of drug-likeness (QED) is 0.663. The van der Waals surface area contributed by atoms with Gasteiger partial charge in [-0.25, -0.2) is 0 Å². The van der Waals surface area contributed by atoms with Crippen molar-refractivity contribution in [3.05, 3.63) is 41.6 Å². The van der Waals surface area contributed by atoms with E-state index in [4.69, 9.17) is 4.74 Å². The fourth-order valence-electron chi connectivity index (χ4n) is 2.01. The molecule has 0 heterocycles. The Morgan fingerprint density at radius 1 is 1.16 bits per heavy atom. The first-order chi connectivity index (χ1) is 9.20. The Labute approximate surface area is 112 Å². The number of ketones is 2. The van der Waals surface area contributed by atoms with Crippen molar-refractivity contribution in [3.63, 3.8) is 0 Å². The first-order valence-corrected chi connectivity index (χ1v) is 6.33. The van der Waals surface area contributed by atoms with Crippen LogP contribution in [0, 0.1) is 0 Å². The van der Waals surface area contributed by atoms with E-state index >= 15 is 0 Å². The largest absolute Gasteiger partial charge is 0.497 e. The van der Waals surface area contributed by atoms with E-state index in [1.165, 1.54) is 0 Å². The van der Waals surface area contributed by atoms with Gasteiger partial charge in [0.15, 0.2) is 11.6 Å². The number of carbonyl (C=O) groups is 2. The van der Waals surface area contributed by atoms with E-state index in [9.17, 15) is 9.59 Å². The Kier molecular flexibility index (Phi) is 4.34. The highest BCUT2D eigenvalue weighted by Gasteiger charge is 2.22. The maximum atomic E-state index is 11.6. The predicted molar refractivity (Wildman–Crippen MR) is 71.8 cm³/mol. The molecular weight excluding hydrogens is 242 g/mol. The van der Waals surface area contributed by atoms with Gasteiger partial charge in [0, 0.05) is 25.6 Å². The van der Waals surface area contributed by atoms with Crippen molar-refractivity contribution in [1.29, 1.82) is 0 Å². The highest BCUT2D eigenvalue weighted by molar-refractivity contribution is 6.21. The zero-order chi connectivity index (χ0) is 13.7. The number of hydrogen-bond acceptors (Lipinski definition) is 4. The van der Waals surface area contributed by atoms with Gasteiger partial charge in [-0.2, -0.15) is 0 Å². The van der Waals surface area contributed by atoms with Crippen molar-refractivity contribution in [3.8, 4) is 5.75 Å². The van der Waals surface area contributed by atoms with Crippen molar-refractivity contribution in [2.75, 3.05) is 7.11 Å². The van der Waals surface area contributed by atoms with Crippen LogP contribution in [0.5, 0.6) is 5.75 Å². The van der Waals surface area contributed by atoms with Crippen LogP contribution in [0.1, 0.15) is 24.8 Å². The van der Waals surface area contributed by atoms with Crippen molar-refractivity contribution in [1.82, 2.24) is 5.32 Å². The molecule has 4 nitrogen and oxygen atoms in total. The van der Waals surface area contributed by atoms with E-state index in [0.29, 0.717) is 31.4 Å². The average Bonchev–Trinajstić information content (AvgIpc) is 2.43. The molecule has 1 N–H and O–H groups in total. The second-order valence-electron chi connectivity index (χ2n) is 4.49. The molecule has 0 bridgehead atoms. The summed E-state index contributed by atoms with van der Waals surface area (Å²) in [5.41, 5.74) is 1.37. The lowest BCUT2D eigenvalue weighted by molar-refractivity contribution is -0.123. The first kappa shape index (κ1) is 13.3. The Bertz CT molecular complexity index is 485. The summed E-state index contributed by atoms with van der Waals surface area (Å²) in [5, 5.41) is 3.03. The summed E-state index contributed by atoms with van der Waals surface area (Å²) in [6.07, 6.45) is 3.17. The minimum atomic E-state index is -0.0570. The molecule has 1 aliphatic rings. The molecule has 1 saturated carbocycles. The molecule has 0 aliphatic heterocycles. The summed E-state index contributed by atoms with van der Waals surface area (Å²) in [6.45, 7) is 0.577. The minimum absolute atomic E-state index is 0.0570. The standard InChI is InChI=1S/C15H17NO3/c1-19-12-7-5-11(6-8-12)9-16-10-13-14(17)3-2-4-15(13)18/h5-8,10,16H,2-4,9H2,1H3. The monoisotopic (exact) mass is 259 g/mol. The zero-order valence-electron chi connectivity index (χ0n) is 10.9. The number of carbonyl (C=O) groups excluding carboxylic acids is 2. The van der Waals surface area contributed by atoms with E-state index < -0.39 is 0 Å². The molecule has 2 rings (SSSR count). The lowest BCUT2D eigenvalue weighted by Gasteiger charge is -2.12. The smallest absolute Gasteiger partial charge is 0.167 e. The van der Waals surface area contributed by atoms with Crippen LogP contribution in [0.4, 0.5) is 0 Å². The van der Waals surface area contributed by atoms with Gasteiger partial charge in [-0.15, -0.1) is 0 Å². The summed E-state index contributed by atoms with van der Waals surface area (Å²) in [6, 6.07) is 7.63. The molecule has 19 heavy (non-hydrogen) atoms. The highest BCUT2D eigenvalue weighted by Crippen LogP contribution is 2.16. The third-order valence-electron chi connectivity index (χ3n) is 3.12. The molecular formula is C15H17NO3. The van der Waals surface area contributed by atoms with E-state index in [1.54, 1.807) is 13.3 Å². The van der Waals surface area contributed by atoms with Crippen LogP contribution < -0.4 is 10.1 Å². The number of methoxy groups -OCH3 is 1. The number of Topliss-reactive ketones (excluding diaryl/α,β-unsaturated/α-hetero) is 2. The third kappa shape index (κ3) is 3.44.